The summed E-state index contributed by atoms with van der Waals surface area (Å²) in [5.41, 5.74) is 13.2. The highest BCUT2D eigenvalue weighted by atomic mass is 16.1. The maximum atomic E-state index is 11.8. The van der Waals surface area contributed by atoms with Crippen LogP contribution in [-0.2, 0) is 16.6 Å². The highest BCUT2D eigenvalue weighted by Gasteiger charge is 2.61. The molecule has 0 saturated heterocycles. The van der Waals surface area contributed by atoms with Gasteiger partial charge < -0.3 is 11.5 Å². The Hall–Kier alpha value is -1.84. The molecule has 2 aliphatic rings. The van der Waals surface area contributed by atoms with Crippen molar-refractivity contribution < 1.29 is 4.79 Å². The van der Waals surface area contributed by atoms with E-state index in [2.05, 4.69) is 17.1 Å². The third-order valence-electron chi connectivity index (χ3n) is 4.01. The fourth-order valence-electron chi connectivity index (χ4n) is 3.12. The van der Waals surface area contributed by atoms with E-state index in [1.165, 1.54) is 11.1 Å². The largest absolute Gasteiger partial charge is 0.370 e. The quantitative estimate of drug-likeness (QED) is 0.549. The number of fused-ring (bicyclic) bond motifs is 2. The molecule has 0 aliphatic heterocycles. The number of aliphatic imine (C=N–C) groups is 1. The van der Waals surface area contributed by atoms with Crippen molar-refractivity contribution in [3.8, 4) is 0 Å². The third kappa shape index (κ3) is 1.44. The molecule has 1 aromatic carbocycles. The summed E-state index contributed by atoms with van der Waals surface area (Å²) < 4.78 is 0. The molecule has 2 atom stereocenters. The second kappa shape index (κ2) is 3.32. The number of benzene rings is 1. The summed E-state index contributed by atoms with van der Waals surface area (Å²) in [7, 11) is 0. The fraction of sp³-hybridized carbons (Fsp3) is 0.385. The molecule has 1 aromatic rings. The van der Waals surface area contributed by atoms with Crippen LogP contribution < -0.4 is 11.5 Å². The molecular formula is C13H15N3O. The Kier molecular flexibility index (Phi) is 2.02. The minimum Gasteiger partial charge on any atom is -0.370 e. The maximum absolute atomic E-state index is 11.8. The van der Waals surface area contributed by atoms with Gasteiger partial charge in [-0.05, 0) is 30.4 Å². The summed E-state index contributed by atoms with van der Waals surface area (Å²) in [6.45, 7) is 0. The molecule has 1 saturated carbocycles. The van der Waals surface area contributed by atoms with Gasteiger partial charge in [0.2, 0.25) is 0 Å². The van der Waals surface area contributed by atoms with Gasteiger partial charge in [-0.25, -0.2) is 0 Å². The number of carbonyl (C=O) groups excluding carboxylic acids is 1. The van der Waals surface area contributed by atoms with E-state index < -0.39 is 0 Å². The molecule has 17 heavy (non-hydrogen) atoms. The van der Waals surface area contributed by atoms with Crippen molar-refractivity contribution in [3.05, 3.63) is 35.4 Å². The van der Waals surface area contributed by atoms with E-state index in [0.29, 0.717) is 0 Å². The maximum Gasteiger partial charge on any atom is 0.252 e. The number of rotatable bonds is 1. The van der Waals surface area contributed by atoms with Gasteiger partial charge in [0.25, 0.3) is 5.91 Å². The zero-order valence-electron chi connectivity index (χ0n) is 9.52. The normalized spacial score (nSPS) is 28.8. The van der Waals surface area contributed by atoms with Gasteiger partial charge in [-0.2, -0.15) is 4.99 Å². The van der Waals surface area contributed by atoms with E-state index in [1.54, 1.807) is 0 Å². The molecule has 1 fully saturated rings. The van der Waals surface area contributed by atoms with Crippen molar-refractivity contribution >= 4 is 11.9 Å². The minimum absolute atomic E-state index is 0.0201. The van der Waals surface area contributed by atoms with Gasteiger partial charge >= 0.3 is 0 Å². The molecule has 1 spiro atoms. The van der Waals surface area contributed by atoms with Crippen LogP contribution in [0.25, 0.3) is 0 Å². The molecule has 0 bridgehead atoms. The van der Waals surface area contributed by atoms with Crippen molar-refractivity contribution in [3.63, 3.8) is 0 Å². The van der Waals surface area contributed by atoms with Crippen molar-refractivity contribution in [2.75, 3.05) is 0 Å². The van der Waals surface area contributed by atoms with Gasteiger partial charge in [0.05, 0.1) is 5.92 Å². The first kappa shape index (κ1) is 10.3. The average molecular weight is 229 g/mol. The van der Waals surface area contributed by atoms with Crippen LogP contribution in [0.1, 0.15) is 24.0 Å². The SMILES string of the molecule is NC(N)=NC(=O)C1C[C@]12CCc1ccccc12. The summed E-state index contributed by atoms with van der Waals surface area (Å²) in [5.74, 6) is -0.321. The number of nitrogens with zero attached hydrogens (tertiary/aromatic N) is 1. The monoisotopic (exact) mass is 229 g/mol. The Balaban J connectivity index is 1.89. The summed E-state index contributed by atoms with van der Waals surface area (Å²) >= 11 is 0. The number of guanidine groups is 1. The number of aryl methyl sites for hydroxylation is 1. The molecule has 4 N–H and O–H groups in total. The zero-order valence-corrected chi connectivity index (χ0v) is 9.52. The molecular weight excluding hydrogens is 214 g/mol. The first-order valence-electron chi connectivity index (χ1n) is 5.85. The van der Waals surface area contributed by atoms with E-state index in [4.69, 9.17) is 11.5 Å². The number of hydrogen-bond donors (Lipinski definition) is 2. The Labute approximate surface area is 99.7 Å². The Morgan fingerprint density at radius 3 is 2.88 bits per heavy atom. The predicted molar refractivity (Wildman–Crippen MR) is 65.4 cm³/mol. The molecule has 4 heteroatoms. The Morgan fingerprint density at radius 2 is 2.12 bits per heavy atom. The summed E-state index contributed by atoms with van der Waals surface area (Å²) in [6, 6.07) is 8.36. The van der Waals surface area contributed by atoms with Crippen LogP contribution in [0, 0.1) is 5.92 Å². The van der Waals surface area contributed by atoms with E-state index in [0.717, 1.165) is 19.3 Å². The lowest BCUT2D eigenvalue weighted by Gasteiger charge is -2.09. The van der Waals surface area contributed by atoms with Crippen molar-refractivity contribution in [2.45, 2.75) is 24.7 Å². The molecule has 3 rings (SSSR count). The topological polar surface area (TPSA) is 81.5 Å². The molecule has 88 valence electrons. The van der Waals surface area contributed by atoms with Crippen molar-refractivity contribution in [1.29, 1.82) is 0 Å². The molecule has 1 amide bonds. The molecule has 1 unspecified atom stereocenters. The Morgan fingerprint density at radius 1 is 1.35 bits per heavy atom. The smallest absolute Gasteiger partial charge is 0.252 e. The first-order valence-corrected chi connectivity index (χ1v) is 5.85. The number of nitrogens with two attached hydrogens (primary N) is 2. The molecule has 2 aliphatic carbocycles. The van der Waals surface area contributed by atoms with Crippen LogP contribution in [0.5, 0.6) is 0 Å². The third-order valence-corrected chi connectivity index (χ3v) is 4.01. The van der Waals surface area contributed by atoms with Gasteiger partial charge in [0.15, 0.2) is 5.96 Å². The number of amides is 1. The number of carbonyl (C=O) groups is 1. The predicted octanol–water partition coefficient (Wildman–Crippen LogP) is 0.690. The molecule has 4 nitrogen and oxygen atoms in total. The van der Waals surface area contributed by atoms with Crippen LogP contribution in [0.3, 0.4) is 0 Å². The standard InChI is InChI=1S/C13H15N3O/c14-12(15)16-11(17)10-7-13(10)6-5-8-3-1-2-4-9(8)13/h1-4,10H,5-7H2,(H4,14,15,16,17)/t10?,13-/m0/s1. The van der Waals surface area contributed by atoms with Gasteiger partial charge in [0.1, 0.15) is 0 Å². The first-order chi connectivity index (χ1) is 8.13. The van der Waals surface area contributed by atoms with Crippen LogP contribution in [0.2, 0.25) is 0 Å². The van der Waals surface area contributed by atoms with Gasteiger partial charge in [-0.15, -0.1) is 0 Å². The van der Waals surface area contributed by atoms with Crippen molar-refractivity contribution in [2.24, 2.45) is 22.4 Å². The van der Waals surface area contributed by atoms with E-state index in [-0.39, 0.29) is 23.2 Å². The van der Waals surface area contributed by atoms with Crippen LogP contribution in [-0.4, -0.2) is 11.9 Å². The van der Waals surface area contributed by atoms with E-state index >= 15 is 0 Å². The highest BCUT2D eigenvalue weighted by molar-refractivity contribution is 5.95. The summed E-state index contributed by atoms with van der Waals surface area (Å²) in [4.78, 5) is 15.5. The second-order valence-corrected chi connectivity index (χ2v) is 4.94. The zero-order chi connectivity index (χ0) is 12.0. The molecule has 0 heterocycles. The summed E-state index contributed by atoms with van der Waals surface area (Å²) in [6.07, 6.45) is 2.99. The van der Waals surface area contributed by atoms with E-state index in [9.17, 15) is 4.79 Å². The van der Waals surface area contributed by atoms with Gasteiger partial charge in [-0.1, -0.05) is 24.3 Å². The molecule has 0 aromatic heterocycles. The van der Waals surface area contributed by atoms with Gasteiger partial charge in [-0.3, -0.25) is 4.79 Å². The van der Waals surface area contributed by atoms with Crippen LogP contribution in [0.4, 0.5) is 0 Å². The lowest BCUT2D eigenvalue weighted by atomic mass is 9.95. The average Bonchev–Trinajstić information content (AvgIpc) is 2.90. The molecule has 0 radical (unpaired) electrons. The second-order valence-electron chi connectivity index (χ2n) is 4.94. The van der Waals surface area contributed by atoms with Gasteiger partial charge in [0, 0.05) is 5.41 Å². The fourth-order valence-corrected chi connectivity index (χ4v) is 3.12. The van der Waals surface area contributed by atoms with Crippen molar-refractivity contribution in [1.82, 2.24) is 0 Å². The van der Waals surface area contributed by atoms with Crippen LogP contribution in [0.15, 0.2) is 29.3 Å². The van der Waals surface area contributed by atoms with E-state index in [1.807, 2.05) is 12.1 Å². The van der Waals surface area contributed by atoms with Crippen LogP contribution >= 0.6 is 0 Å². The summed E-state index contributed by atoms with van der Waals surface area (Å²) in [5, 5.41) is 0. The highest BCUT2D eigenvalue weighted by Crippen LogP contribution is 2.61. The minimum atomic E-state index is -0.165. The lowest BCUT2D eigenvalue weighted by Crippen LogP contribution is -2.25. The Bertz CT molecular complexity index is 519. The number of hydrogen-bond acceptors (Lipinski definition) is 1. The lowest BCUT2D eigenvalue weighted by molar-refractivity contribution is -0.119.